The van der Waals surface area contributed by atoms with E-state index < -0.39 is 11.9 Å². The first kappa shape index (κ1) is 11.2. The number of aliphatic hydroxyl groups excluding tert-OH is 1. The molecule has 0 aliphatic carbocycles. The van der Waals surface area contributed by atoms with Gasteiger partial charge in [-0.1, -0.05) is 17.7 Å². The Balaban J connectivity index is 3.04. The van der Waals surface area contributed by atoms with Crippen LogP contribution in [-0.4, -0.2) is 16.8 Å². The molecule has 0 amide bonds. The highest BCUT2D eigenvalue weighted by atomic mass is 35.5. The molecule has 1 aromatic rings. The number of hydrogen-bond acceptors (Lipinski definition) is 3. The number of nitrogens with two attached hydrogens (primary N) is 1. The second-order valence-corrected chi connectivity index (χ2v) is 3.30. The maximum Gasteiger partial charge on any atom is 0.145 e. The Morgan fingerprint density at radius 2 is 2.14 bits per heavy atom. The van der Waals surface area contributed by atoms with Gasteiger partial charge in [0.1, 0.15) is 16.6 Å². The smallest absolute Gasteiger partial charge is 0.145 e. The molecule has 0 spiro atoms. The van der Waals surface area contributed by atoms with Gasteiger partial charge in [-0.05, 0) is 12.5 Å². The lowest BCUT2D eigenvalue weighted by Gasteiger charge is -2.13. The van der Waals surface area contributed by atoms with Crippen molar-refractivity contribution in [1.82, 2.24) is 0 Å². The van der Waals surface area contributed by atoms with Gasteiger partial charge in [0.15, 0.2) is 0 Å². The molecule has 1 atom stereocenters. The SMILES string of the molecule is N[C@H](CCO)c1ccc(F)c(Cl)c1O. The van der Waals surface area contributed by atoms with Crippen molar-refractivity contribution < 1.29 is 14.6 Å². The van der Waals surface area contributed by atoms with Gasteiger partial charge < -0.3 is 15.9 Å². The molecule has 4 N–H and O–H groups in total. The Bertz CT molecular complexity index is 333. The zero-order valence-electron chi connectivity index (χ0n) is 7.37. The Hall–Kier alpha value is -0.840. The van der Waals surface area contributed by atoms with Gasteiger partial charge in [0.05, 0.1) is 0 Å². The molecular weight excluding hydrogens is 209 g/mol. The summed E-state index contributed by atoms with van der Waals surface area (Å²) in [5.41, 5.74) is 5.96. The maximum atomic E-state index is 12.8. The monoisotopic (exact) mass is 219 g/mol. The topological polar surface area (TPSA) is 66.5 Å². The molecule has 1 rings (SSSR count). The highest BCUT2D eigenvalue weighted by molar-refractivity contribution is 6.32. The van der Waals surface area contributed by atoms with Crippen LogP contribution in [-0.2, 0) is 0 Å². The van der Waals surface area contributed by atoms with Crippen molar-refractivity contribution in [2.75, 3.05) is 6.61 Å². The van der Waals surface area contributed by atoms with E-state index in [9.17, 15) is 9.50 Å². The third-order valence-electron chi connectivity index (χ3n) is 1.94. The third-order valence-corrected chi connectivity index (χ3v) is 2.30. The molecule has 0 aliphatic heterocycles. The van der Waals surface area contributed by atoms with E-state index in [1.807, 2.05) is 0 Å². The standard InChI is InChI=1S/C9H11ClFNO2/c10-8-6(11)2-1-5(9(8)14)7(12)3-4-13/h1-2,7,13-14H,3-4,12H2/t7-/m1/s1. The molecule has 0 aliphatic rings. The summed E-state index contributed by atoms with van der Waals surface area (Å²) < 4.78 is 12.8. The summed E-state index contributed by atoms with van der Waals surface area (Å²) in [4.78, 5) is 0. The van der Waals surface area contributed by atoms with Crippen LogP contribution in [0.2, 0.25) is 5.02 Å². The minimum absolute atomic E-state index is 0.102. The van der Waals surface area contributed by atoms with Crippen LogP contribution in [0.5, 0.6) is 5.75 Å². The van der Waals surface area contributed by atoms with Gasteiger partial charge in [-0.2, -0.15) is 0 Å². The van der Waals surface area contributed by atoms with Crippen molar-refractivity contribution in [2.45, 2.75) is 12.5 Å². The van der Waals surface area contributed by atoms with Crippen LogP contribution < -0.4 is 5.73 Å². The van der Waals surface area contributed by atoms with E-state index in [1.165, 1.54) is 6.07 Å². The minimum atomic E-state index is -0.691. The molecule has 0 radical (unpaired) electrons. The number of rotatable bonds is 3. The average Bonchev–Trinajstić information content (AvgIpc) is 2.15. The predicted molar refractivity (Wildman–Crippen MR) is 51.7 cm³/mol. The molecule has 3 nitrogen and oxygen atoms in total. The first-order chi connectivity index (χ1) is 6.57. The van der Waals surface area contributed by atoms with E-state index in [0.29, 0.717) is 5.56 Å². The summed E-state index contributed by atoms with van der Waals surface area (Å²) >= 11 is 5.48. The van der Waals surface area contributed by atoms with Crippen molar-refractivity contribution >= 4 is 11.6 Å². The lowest BCUT2D eigenvalue weighted by atomic mass is 10.0. The Morgan fingerprint density at radius 1 is 1.50 bits per heavy atom. The normalized spacial score (nSPS) is 12.9. The molecule has 14 heavy (non-hydrogen) atoms. The minimum Gasteiger partial charge on any atom is -0.506 e. The van der Waals surface area contributed by atoms with E-state index in [0.717, 1.165) is 6.07 Å². The van der Waals surface area contributed by atoms with E-state index in [-0.39, 0.29) is 23.8 Å². The van der Waals surface area contributed by atoms with Gasteiger partial charge in [-0.3, -0.25) is 0 Å². The lowest BCUT2D eigenvalue weighted by molar-refractivity contribution is 0.275. The Morgan fingerprint density at radius 3 is 2.71 bits per heavy atom. The van der Waals surface area contributed by atoms with E-state index in [2.05, 4.69) is 0 Å². The molecule has 0 aromatic heterocycles. The van der Waals surface area contributed by atoms with Crippen LogP contribution in [0.15, 0.2) is 12.1 Å². The van der Waals surface area contributed by atoms with Crippen LogP contribution in [0.3, 0.4) is 0 Å². The second-order valence-electron chi connectivity index (χ2n) is 2.92. The summed E-state index contributed by atoms with van der Waals surface area (Å²) in [6.45, 7) is -0.102. The van der Waals surface area contributed by atoms with Crippen LogP contribution in [0, 0.1) is 5.82 Å². The zero-order chi connectivity index (χ0) is 10.7. The summed E-state index contributed by atoms with van der Waals surface area (Å²) in [6.07, 6.45) is 0.287. The van der Waals surface area contributed by atoms with E-state index in [1.54, 1.807) is 0 Å². The summed E-state index contributed by atoms with van der Waals surface area (Å²) in [5.74, 6) is -1.04. The molecule has 1 aromatic carbocycles. The van der Waals surface area contributed by atoms with Crippen LogP contribution in [0.25, 0.3) is 0 Å². The molecular formula is C9H11ClFNO2. The highest BCUT2D eigenvalue weighted by Crippen LogP contribution is 2.33. The number of phenolic OH excluding ortho intramolecular Hbond substituents is 1. The summed E-state index contributed by atoms with van der Waals surface area (Å²) in [5, 5.41) is 17.7. The van der Waals surface area contributed by atoms with Crippen LogP contribution >= 0.6 is 11.6 Å². The molecule has 0 saturated carbocycles. The largest absolute Gasteiger partial charge is 0.506 e. The van der Waals surface area contributed by atoms with E-state index in [4.69, 9.17) is 22.4 Å². The van der Waals surface area contributed by atoms with Crippen molar-refractivity contribution in [2.24, 2.45) is 5.73 Å². The number of benzene rings is 1. The molecule has 0 bridgehead atoms. The average molecular weight is 220 g/mol. The molecule has 0 saturated heterocycles. The summed E-state index contributed by atoms with van der Waals surface area (Å²) in [7, 11) is 0. The van der Waals surface area contributed by atoms with E-state index >= 15 is 0 Å². The molecule has 78 valence electrons. The van der Waals surface area contributed by atoms with Crippen molar-refractivity contribution in [3.05, 3.63) is 28.5 Å². The first-order valence-electron chi connectivity index (χ1n) is 4.11. The van der Waals surface area contributed by atoms with Gasteiger partial charge in [-0.15, -0.1) is 0 Å². The number of aromatic hydroxyl groups is 1. The highest BCUT2D eigenvalue weighted by Gasteiger charge is 2.15. The van der Waals surface area contributed by atoms with Crippen molar-refractivity contribution in [3.63, 3.8) is 0 Å². The molecule has 0 unspecified atom stereocenters. The van der Waals surface area contributed by atoms with Gasteiger partial charge in [-0.25, -0.2) is 4.39 Å². The van der Waals surface area contributed by atoms with Crippen molar-refractivity contribution in [3.8, 4) is 5.75 Å². The zero-order valence-corrected chi connectivity index (χ0v) is 8.13. The predicted octanol–water partition coefficient (Wildman–Crippen LogP) is 1.57. The molecule has 0 heterocycles. The third kappa shape index (κ3) is 2.15. The first-order valence-corrected chi connectivity index (χ1v) is 4.49. The van der Waals surface area contributed by atoms with Crippen LogP contribution in [0.1, 0.15) is 18.0 Å². The fourth-order valence-electron chi connectivity index (χ4n) is 1.15. The Labute approximate surface area is 85.9 Å². The van der Waals surface area contributed by atoms with Gasteiger partial charge in [0.25, 0.3) is 0 Å². The quantitative estimate of drug-likeness (QED) is 0.723. The number of phenols is 1. The Kier molecular flexibility index (Phi) is 3.69. The number of hydrogen-bond donors (Lipinski definition) is 3. The van der Waals surface area contributed by atoms with Gasteiger partial charge in [0.2, 0.25) is 0 Å². The lowest BCUT2D eigenvalue weighted by Crippen LogP contribution is -2.12. The van der Waals surface area contributed by atoms with Crippen molar-refractivity contribution in [1.29, 1.82) is 0 Å². The number of aliphatic hydroxyl groups is 1. The summed E-state index contributed by atoms with van der Waals surface area (Å²) in [6, 6.07) is 1.95. The van der Waals surface area contributed by atoms with Gasteiger partial charge in [0, 0.05) is 18.2 Å². The fourth-order valence-corrected chi connectivity index (χ4v) is 1.32. The molecule has 5 heteroatoms. The fraction of sp³-hybridized carbons (Fsp3) is 0.333. The maximum absolute atomic E-state index is 12.8. The number of halogens is 2. The second kappa shape index (κ2) is 4.59. The van der Waals surface area contributed by atoms with Gasteiger partial charge >= 0.3 is 0 Å². The van der Waals surface area contributed by atoms with Crippen LogP contribution in [0.4, 0.5) is 4.39 Å². The molecule has 0 fully saturated rings.